The monoisotopic (exact) mass is 370 g/mol. The number of hydrogen-bond donors (Lipinski definition) is 2. The Bertz CT molecular complexity index is 762. The van der Waals surface area contributed by atoms with Gasteiger partial charge in [-0.25, -0.2) is 0 Å². The van der Waals surface area contributed by atoms with Gasteiger partial charge < -0.3 is 15.0 Å². The second-order valence-electron chi connectivity index (χ2n) is 7.59. The van der Waals surface area contributed by atoms with E-state index in [2.05, 4.69) is 16.4 Å². The van der Waals surface area contributed by atoms with Gasteiger partial charge in [-0.15, -0.1) is 0 Å². The fourth-order valence-corrected chi connectivity index (χ4v) is 3.85. The van der Waals surface area contributed by atoms with E-state index in [1.807, 2.05) is 24.4 Å². The topological polar surface area (TPSA) is 71.2 Å². The van der Waals surface area contributed by atoms with Crippen LogP contribution in [-0.2, 0) is 20.7 Å². The number of rotatable bonds is 8. The van der Waals surface area contributed by atoms with Gasteiger partial charge in [0.15, 0.2) is 6.10 Å². The van der Waals surface area contributed by atoms with E-state index in [0.29, 0.717) is 25.3 Å². The molecule has 1 atom stereocenters. The number of aromatic amines is 1. The Hall–Kier alpha value is -2.30. The lowest BCUT2D eigenvalue weighted by atomic mass is 9.89. The van der Waals surface area contributed by atoms with Crippen molar-refractivity contribution in [3.05, 3.63) is 36.0 Å². The lowest BCUT2D eigenvalue weighted by Gasteiger charge is -2.22. The van der Waals surface area contributed by atoms with Crippen LogP contribution in [0.4, 0.5) is 0 Å². The molecule has 0 aliphatic heterocycles. The van der Waals surface area contributed by atoms with Crippen LogP contribution in [0.25, 0.3) is 10.9 Å². The number of aryl methyl sites for hydroxylation is 1. The number of para-hydroxylation sites is 1. The molecule has 1 aliphatic carbocycles. The van der Waals surface area contributed by atoms with Crippen LogP contribution in [0.5, 0.6) is 0 Å². The van der Waals surface area contributed by atoms with E-state index in [9.17, 15) is 9.59 Å². The average Bonchev–Trinajstić information content (AvgIpc) is 3.10. The highest BCUT2D eigenvalue weighted by molar-refractivity contribution is 5.84. The fourth-order valence-electron chi connectivity index (χ4n) is 3.85. The Balaban J connectivity index is 1.36. The first kappa shape index (κ1) is 19.5. The molecule has 1 aliphatic rings. The smallest absolute Gasteiger partial charge is 0.306 e. The number of nitrogens with one attached hydrogen (secondary N) is 2. The number of esters is 1. The van der Waals surface area contributed by atoms with Gasteiger partial charge in [0.05, 0.1) is 0 Å². The van der Waals surface area contributed by atoms with Crippen molar-refractivity contribution < 1.29 is 14.3 Å². The van der Waals surface area contributed by atoms with E-state index in [1.54, 1.807) is 6.92 Å². The lowest BCUT2D eigenvalue weighted by molar-refractivity contribution is -0.154. The molecule has 5 heteroatoms. The van der Waals surface area contributed by atoms with Gasteiger partial charge in [-0.05, 0) is 50.2 Å². The quantitative estimate of drug-likeness (QED) is 0.687. The highest BCUT2D eigenvalue weighted by Gasteiger charge is 2.20. The number of carbonyl (C=O) groups excluding carboxylic acids is 2. The van der Waals surface area contributed by atoms with E-state index in [-0.39, 0.29) is 11.9 Å². The molecule has 1 aromatic carbocycles. The Morgan fingerprint density at radius 1 is 1.22 bits per heavy atom. The van der Waals surface area contributed by atoms with Crippen molar-refractivity contribution in [1.29, 1.82) is 0 Å². The van der Waals surface area contributed by atoms with Crippen molar-refractivity contribution in [2.75, 3.05) is 6.54 Å². The third-order valence-corrected chi connectivity index (χ3v) is 5.47. The maximum absolute atomic E-state index is 12.1. The van der Waals surface area contributed by atoms with Crippen LogP contribution >= 0.6 is 0 Å². The molecular weight excluding hydrogens is 340 g/mol. The minimum atomic E-state index is -0.728. The summed E-state index contributed by atoms with van der Waals surface area (Å²) in [7, 11) is 0. The molecule has 0 saturated heterocycles. The Morgan fingerprint density at radius 2 is 2.00 bits per heavy atom. The predicted octanol–water partition coefficient (Wildman–Crippen LogP) is 4.12. The summed E-state index contributed by atoms with van der Waals surface area (Å²) in [5.74, 6) is 0.0717. The van der Waals surface area contributed by atoms with Gasteiger partial charge in [-0.2, -0.15) is 0 Å². The molecule has 0 radical (unpaired) electrons. The maximum atomic E-state index is 12.1. The van der Waals surface area contributed by atoms with E-state index in [4.69, 9.17) is 4.74 Å². The third-order valence-electron chi connectivity index (χ3n) is 5.47. The molecule has 146 valence electrons. The van der Waals surface area contributed by atoms with Gasteiger partial charge in [0.1, 0.15) is 0 Å². The fraction of sp³-hybridized carbons (Fsp3) is 0.545. The number of amides is 1. The van der Waals surface area contributed by atoms with E-state index < -0.39 is 6.10 Å². The number of hydrogen-bond acceptors (Lipinski definition) is 3. The van der Waals surface area contributed by atoms with Gasteiger partial charge >= 0.3 is 5.97 Å². The highest BCUT2D eigenvalue weighted by Crippen LogP contribution is 2.23. The summed E-state index contributed by atoms with van der Waals surface area (Å²) in [6, 6.07) is 8.14. The summed E-state index contributed by atoms with van der Waals surface area (Å²) in [5, 5.41) is 4.13. The van der Waals surface area contributed by atoms with Crippen LogP contribution in [-0.4, -0.2) is 29.5 Å². The zero-order valence-electron chi connectivity index (χ0n) is 16.1. The van der Waals surface area contributed by atoms with Crippen LogP contribution in [0.15, 0.2) is 30.5 Å². The summed E-state index contributed by atoms with van der Waals surface area (Å²) >= 11 is 0. The van der Waals surface area contributed by atoms with Crippen LogP contribution in [0.3, 0.4) is 0 Å². The first-order valence-electron chi connectivity index (χ1n) is 10.2. The molecule has 3 rings (SSSR count). The van der Waals surface area contributed by atoms with Crippen molar-refractivity contribution >= 4 is 22.8 Å². The number of aromatic nitrogens is 1. The van der Waals surface area contributed by atoms with Gasteiger partial charge in [0.25, 0.3) is 5.91 Å². The summed E-state index contributed by atoms with van der Waals surface area (Å²) < 4.78 is 5.30. The first-order valence-corrected chi connectivity index (χ1v) is 10.2. The number of fused-ring (bicyclic) bond motifs is 1. The van der Waals surface area contributed by atoms with E-state index in [1.165, 1.54) is 43.1 Å². The zero-order valence-corrected chi connectivity index (χ0v) is 16.1. The average molecular weight is 370 g/mol. The maximum Gasteiger partial charge on any atom is 0.306 e. The molecule has 1 saturated carbocycles. The molecular formula is C22H30N2O3. The second-order valence-corrected chi connectivity index (χ2v) is 7.59. The molecule has 0 unspecified atom stereocenters. The summed E-state index contributed by atoms with van der Waals surface area (Å²) in [6.07, 6.45) is 9.27. The summed E-state index contributed by atoms with van der Waals surface area (Å²) in [4.78, 5) is 27.4. The van der Waals surface area contributed by atoms with Crippen molar-refractivity contribution in [3.63, 3.8) is 0 Å². The number of benzene rings is 1. The van der Waals surface area contributed by atoms with Gasteiger partial charge in [0, 0.05) is 30.1 Å². The Kier molecular flexibility index (Phi) is 6.91. The molecule has 27 heavy (non-hydrogen) atoms. The normalized spacial score (nSPS) is 16.2. The number of ether oxygens (including phenoxy) is 1. The molecule has 2 N–H and O–H groups in total. The SMILES string of the molecule is C[C@@H](OC(=O)CCCc1c[nH]c2ccccc12)C(=O)NCC1CCCCC1. The van der Waals surface area contributed by atoms with Crippen molar-refractivity contribution in [1.82, 2.24) is 10.3 Å². The largest absolute Gasteiger partial charge is 0.453 e. The van der Waals surface area contributed by atoms with Gasteiger partial charge in [0.2, 0.25) is 0 Å². The number of carbonyl (C=O) groups is 2. The molecule has 1 aromatic heterocycles. The number of H-pyrrole nitrogens is 1. The summed E-state index contributed by atoms with van der Waals surface area (Å²) in [6.45, 7) is 2.34. The molecule has 0 spiro atoms. The summed E-state index contributed by atoms with van der Waals surface area (Å²) in [5.41, 5.74) is 2.31. The zero-order chi connectivity index (χ0) is 19.1. The highest BCUT2D eigenvalue weighted by atomic mass is 16.5. The first-order chi connectivity index (χ1) is 13.1. The lowest BCUT2D eigenvalue weighted by Crippen LogP contribution is -2.38. The molecule has 1 amide bonds. The van der Waals surface area contributed by atoms with Crippen LogP contribution < -0.4 is 5.32 Å². The van der Waals surface area contributed by atoms with Crippen molar-refractivity contribution in [3.8, 4) is 0 Å². The van der Waals surface area contributed by atoms with Gasteiger partial charge in [-0.3, -0.25) is 9.59 Å². The van der Waals surface area contributed by atoms with Crippen LogP contribution in [0.2, 0.25) is 0 Å². The third kappa shape index (κ3) is 5.59. The molecule has 2 aromatic rings. The molecule has 1 heterocycles. The van der Waals surface area contributed by atoms with Crippen LogP contribution in [0, 0.1) is 5.92 Å². The van der Waals surface area contributed by atoms with Gasteiger partial charge in [-0.1, -0.05) is 37.5 Å². The van der Waals surface area contributed by atoms with Crippen molar-refractivity contribution in [2.45, 2.75) is 64.4 Å². The standard InChI is InChI=1S/C22H30N2O3/c1-16(22(26)24-14-17-8-3-2-4-9-17)27-21(25)13-7-10-18-15-23-20-12-6-5-11-19(18)20/h5-6,11-12,15-17,23H,2-4,7-10,13-14H2,1H3,(H,24,26)/t16-/m1/s1. The van der Waals surface area contributed by atoms with Crippen molar-refractivity contribution in [2.24, 2.45) is 5.92 Å². The minimum Gasteiger partial charge on any atom is -0.453 e. The van der Waals surface area contributed by atoms with E-state index in [0.717, 1.165) is 11.9 Å². The second kappa shape index (κ2) is 9.58. The molecule has 5 nitrogen and oxygen atoms in total. The Labute approximate surface area is 160 Å². The Morgan fingerprint density at radius 3 is 2.81 bits per heavy atom. The predicted molar refractivity (Wildman–Crippen MR) is 106 cm³/mol. The van der Waals surface area contributed by atoms with E-state index >= 15 is 0 Å². The minimum absolute atomic E-state index is 0.189. The van der Waals surface area contributed by atoms with Crippen LogP contribution in [0.1, 0.15) is 57.4 Å². The molecule has 0 bridgehead atoms. The molecule has 1 fully saturated rings.